The number of nitrogens with zero attached hydrogens (tertiary/aromatic N) is 1. The second kappa shape index (κ2) is 4.85. The monoisotopic (exact) mass is 292 g/mol. The molecule has 1 heterocycles. The van der Waals surface area contributed by atoms with E-state index in [1.54, 1.807) is 6.20 Å². The van der Waals surface area contributed by atoms with E-state index in [-0.39, 0.29) is 5.54 Å². The lowest BCUT2D eigenvalue weighted by atomic mass is 9.88. The van der Waals surface area contributed by atoms with Crippen molar-refractivity contribution in [1.82, 2.24) is 10.2 Å². The van der Waals surface area contributed by atoms with Gasteiger partial charge in [0, 0.05) is 16.5 Å². The van der Waals surface area contributed by atoms with Gasteiger partial charge in [0.05, 0.1) is 17.4 Å². The van der Waals surface area contributed by atoms with Crippen LogP contribution in [0.3, 0.4) is 0 Å². The summed E-state index contributed by atoms with van der Waals surface area (Å²) in [5.41, 5.74) is 17.8. The largest absolute Gasteiger partial charge is 0.398 e. The van der Waals surface area contributed by atoms with E-state index in [4.69, 9.17) is 11.5 Å². The van der Waals surface area contributed by atoms with Crippen LogP contribution >= 0.6 is 0 Å². The van der Waals surface area contributed by atoms with Crippen LogP contribution in [-0.4, -0.2) is 10.2 Å². The highest BCUT2D eigenvalue weighted by molar-refractivity contribution is 5.98. The number of nitrogens with one attached hydrogen (secondary N) is 1. The fourth-order valence-electron chi connectivity index (χ4n) is 3.57. The third kappa shape index (κ3) is 1.99. The first kappa shape index (κ1) is 13.3. The Balaban J connectivity index is 1.74. The van der Waals surface area contributed by atoms with E-state index in [1.165, 1.54) is 18.4 Å². The Morgan fingerprint density at radius 2 is 1.73 bits per heavy atom. The Morgan fingerprint density at radius 1 is 1.00 bits per heavy atom. The van der Waals surface area contributed by atoms with Gasteiger partial charge in [-0.3, -0.25) is 5.10 Å². The molecule has 0 aliphatic heterocycles. The number of benzene rings is 2. The van der Waals surface area contributed by atoms with E-state index in [9.17, 15) is 0 Å². The number of nitrogen functional groups attached to an aromatic ring is 1. The Hall–Kier alpha value is -2.33. The summed E-state index contributed by atoms with van der Waals surface area (Å²) in [6.07, 6.45) is 6.38. The third-order valence-corrected chi connectivity index (χ3v) is 4.93. The molecule has 22 heavy (non-hydrogen) atoms. The average Bonchev–Trinajstić information content (AvgIpc) is 3.18. The van der Waals surface area contributed by atoms with Crippen molar-refractivity contribution in [2.45, 2.75) is 31.2 Å². The second-order valence-corrected chi connectivity index (χ2v) is 6.30. The Bertz CT molecular complexity index is 811. The van der Waals surface area contributed by atoms with Crippen LogP contribution in [0.2, 0.25) is 0 Å². The first-order valence-electron chi connectivity index (χ1n) is 7.79. The fourth-order valence-corrected chi connectivity index (χ4v) is 3.57. The van der Waals surface area contributed by atoms with Gasteiger partial charge in [-0.1, -0.05) is 43.2 Å². The molecule has 1 fully saturated rings. The normalized spacial score (nSPS) is 17.1. The lowest BCUT2D eigenvalue weighted by Crippen LogP contribution is -2.32. The van der Waals surface area contributed by atoms with Crippen molar-refractivity contribution < 1.29 is 0 Å². The predicted octanol–water partition coefficient (Wildman–Crippen LogP) is 3.54. The summed E-state index contributed by atoms with van der Waals surface area (Å²) >= 11 is 0. The molecular weight excluding hydrogens is 272 g/mol. The Morgan fingerprint density at radius 3 is 2.45 bits per heavy atom. The zero-order valence-electron chi connectivity index (χ0n) is 12.5. The quantitative estimate of drug-likeness (QED) is 0.632. The molecule has 4 nitrogen and oxygen atoms in total. The molecule has 4 rings (SSSR count). The number of nitrogens with two attached hydrogens (primary N) is 2. The molecule has 1 aliphatic carbocycles. The second-order valence-electron chi connectivity index (χ2n) is 6.30. The third-order valence-electron chi connectivity index (χ3n) is 4.93. The highest BCUT2D eigenvalue weighted by atomic mass is 15.1. The smallest absolute Gasteiger partial charge is 0.0671 e. The summed E-state index contributed by atoms with van der Waals surface area (Å²) in [5.74, 6) is 0. The molecule has 3 aromatic rings. The first-order chi connectivity index (χ1) is 10.7. The number of H-pyrrole nitrogens is 1. The van der Waals surface area contributed by atoms with Crippen molar-refractivity contribution in [3.05, 3.63) is 48.2 Å². The minimum Gasteiger partial charge on any atom is -0.398 e. The number of fused-ring (bicyclic) bond motifs is 1. The van der Waals surface area contributed by atoms with E-state index in [0.29, 0.717) is 0 Å². The van der Waals surface area contributed by atoms with Crippen LogP contribution in [0.1, 0.15) is 31.2 Å². The SMILES string of the molecule is Nc1c(-c2ccc(C3(N)CCCC3)cc2)ccc2[nH]ncc12. The maximum absolute atomic E-state index is 6.52. The van der Waals surface area contributed by atoms with Crippen LogP contribution in [0, 0.1) is 0 Å². The number of rotatable bonds is 2. The highest BCUT2D eigenvalue weighted by Crippen LogP contribution is 2.38. The molecular formula is C18H20N4. The number of hydrogen-bond acceptors (Lipinski definition) is 3. The molecule has 0 radical (unpaired) electrons. The van der Waals surface area contributed by atoms with E-state index >= 15 is 0 Å². The zero-order valence-corrected chi connectivity index (χ0v) is 12.5. The van der Waals surface area contributed by atoms with Gasteiger partial charge in [0.2, 0.25) is 0 Å². The summed E-state index contributed by atoms with van der Waals surface area (Å²) in [6.45, 7) is 0. The van der Waals surface area contributed by atoms with Crippen LogP contribution in [0.15, 0.2) is 42.6 Å². The number of aromatic nitrogens is 2. The molecule has 0 saturated heterocycles. The topological polar surface area (TPSA) is 80.7 Å². The fraction of sp³-hybridized carbons (Fsp3) is 0.278. The molecule has 0 spiro atoms. The molecule has 1 aliphatic rings. The van der Waals surface area contributed by atoms with Crippen LogP contribution in [0.5, 0.6) is 0 Å². The first-order valence-corrected chi connectivity index (χ1v) is 7.79. The molecule has 1 saturated carbocycles. The van der Waals surface area contributed by atoms with Crippen LogP contribution in [0.4, 0.5) is 5.69 Å². The lowest BCUT2D eigenvalue weighted by molar-refractivity contribution is 0.462. The zero-order chi connectivity index (χ0) is 15.2. The number of anilines is 1. The molecule has 4 heteroatoms. The maximum atomic E-state index is 6.52. The van der Waals surface area contributed by atoms with E-state index in [0.717, 1.165) is 40.6 Å². The Labute approximate surface area is 129 Å². The summed E-state index contributed by atoms with van der Waals surface area (Å²) in [6, 6.07) is 12.6. The molecule has 2 aromatic carbocycles. The van der Waals surface area contributed by atoms with Crippen LogP contribution in [0.25, 0.3) is 22.0 Å². The van der Waals surface area contributed by atoms with Crippen molar-refractivity contribution >= 4 is 16.6 Å². The number of hydrogen-bond donors (Lipinski definition) is 3. The van der Waals surface area contributed by atoms with Gasteiger partial charge in [-0.05, 0) is 30.0 Å². The van der Waals surface area contributed by atoms with E-state index in [2.05, 4.69) is 34.5 Å². The molecule has 5 N–H and O–H groups in total. The van der Waals surface area contributed by atoms with Crippen molar-refractivity contribution in [3.63, 3.8) is 0 Å². The van der Waals surface area contributed by atoms with Crippen molar-refractivity contribution in [2.24, 2.45) is 5.73 Å². The van der Waals surface area contributed by atoms with E-state index in [1.807, 2.05) is 12.1 Å². The van der Waals surface area contributed by atoms with Crippen LogP contribution < -0.4 is 11.5 Å². The number of aromatic amines is 1. The van der Waals surface area contributed by atoms with Gasteiger partial charge in [-0.2, -0.15) is 5.10 Å². The average molecular weight is 292 g/mol. The van der Waals surface area contributed by atoms with Gasteiger partial charge in [-0.25, -0.2) is 0 Å². The summed E-state index contributed by atoms with van der Waals surface area (Å²) in [4.78, 5) is 0. The lowest BCUT2D eigenvalue weighted by Gasteiger charge is -2.24. The van der Waals surface area contributed by atoms with Gasteiger partial charge >= 0.3 is 0 Å². The van der Waals surface area contributed by atoms with Crippen LogP contribution in [-0.2, 0) is 5.54 Å². The minimum atomic E-state index is -0.140. The predicted molar refractivity (Wildman–Crippen MR) is 90.3 cm³/mol. The van der Waals surface area contributed by atoms with Gasteiger partial charge in [-0.15, -0.1) is 0 Å². The minimum absolute atomic E-state index is 0.140. The standard InChI is InChI=1S/C18H20N4/c19-17-14(7-8-16-15(17)11-21-22-16)12-3-5-13(6-4-12)18(20)9-1-2-10-18/h3-8,11H,1-2,9-10,19-20H2,(H,21,22). The van der Waals surface area contributed by atoms with Crippen molar-refractivity contribution in [2.75, 3.05) is 5.73 Å². The Kier molecular flexibility index (Phi) is 2.94. The van der Waals surface area contributed by atoms with E-state index < -0.39 is 0 Å². The molecule has 112 valence electrons. The highest BCUT2D eigenvalue weighted by Gasteiger charge is 2.30. The van der Waals surface area contributed by atoms with Gasteiger partial charge in [0.25, 0.3) is 0 Å². The van der Waals surface area contributed by atoms with Gasteiger partial charge in [0.1, 0.15) is 0 Å². The molecule has 0 bridgehead atoms. The summed E-state index contributed by atoms with van der Waals surface area (Å²) in [5, 5.41) is 7.96. The summed E-state index contributed by atoms with van der Waals surface area (Å²) in [7, 11) is 0. The van der Waals surface area contributed by atoms with Gasteiger partial charge < -0.3 is 11.5 Å². The maximum Gasteiger partial charge on any atom is 0.0671 e. The molecule has 1 aromatic heterocycles. The van der Waals surface area contributed by atoms with Gasteiger partial charge in [0.15, 0.2) is 0 Å². The van der Waals surface area contributed by atoms with Crippen molar-refractivity contribution in [3.8, 4) is 11.1 Å². The summed E-state index contributed by atoms with van der Waals surface area (Å²) < 4.78 is 0. The molecule has 0 amide bonds. The molecule has 0 unspecified atom stereocenters. The molecule has 0 atom stereocenters. The van der Waals surface area contributed by atoms with Crippen molar-refractivity contribution in [1.29, 1.82) is 0 Å².